The Hall–Kier alpha value is -0.890. The Balaban J connectivity index is 2.25. The van der Waals surface area contributed by atoms with Gasteiger partial charge in [0.25, 0.3) is 0 Å². The molecule has 18 heavy (non-hydrogen) atoms. The van der Waals surface area contributed by atoms with E-state index in [1.54, 1.807) is 0 Å². The van der Waals surface area contributed by atoms with Crippen LogP contribution >= 0.6 is 0 Å². The minimum atomic E-state index is -0.645. The highest BCUT2D eigenvalue weighted by Gasteiger charge is 2.29. The maximum atomic E-state index is 14.1. The van der Waals surface area contributed by atoms with Gasteiger partial charge in [0.2, 0.25) is 0 Å². The summed E-state index contributed by atoms with van der Waals surface area (Å²) in [5.74, 6) is 0.607. The van der Waals surface area contributed by atoms with E-state index in [9.17, 15) is 9.50 Å². The van der Waals surface area contributed by atoms with Crippen LogP contribution in [0.2, 0.25) is 0 Å². The van der Waals surface area contributed by atoms with Gasteiger partial charge in [-0.1, -0.05) is 25.8 Å². The molecule has 1 N–H and O–H groups in total. The van der Waals surface area contributed by atoms with E-state index in [1.165, 1.54) is 12.5 Å². The highest BCUT2D eigenvalue weighted by molar-refractivity contribution is 5.34. The first-order valence-electron chi connectivity index (χ1n) is 6.93. The van der Waals surface area contributed by atoms with Gasteiger partial charge in [0.15, 0.2) is 0 Å². The third-order valence-electron chi connectivity index (χ3n) is 4.20. The van der Waals surface area contributed by atoms with Crippen LogP contribution in [0.5, 0.6) is 0 Å². The van der Waals surface area contributed by atoms with Gasteiger partial charge in [-0.15, -0.1) is 0 Å². The molecule has 1 aliphatic carbocycles. The molecule has 0 bridgehead atoms. The molecule has 1 aromatic carbocycles. The van der Waals surface area contributed by atoms with Crippen LogP contribution in [-0.4, -0.2) is 5.11 Å². The van der Waals surface area contributed by atoms with Crippen molar-refractivity contribution >= 4 is 0 Å². The number of aliphatic hydroxyl groups is 1. The van der Waals surface area contributed by atoms with Crippen molar-refractivity contribution in [3.8, 4) is 0 Å². The number of aryl methyl sites for hydroxylation is 2. The second-order valence-corrected chi connectivity index (χ2v) is 5.95. The fraction of sp³-hybridized carbons (Fsp3) is 0.625. The second kappa shape index (κ2) is 5.40. The number of aliphatic hydroxyl groups excluding tert-OH is 1. The Bertz CT molecular complexity index is 404. The van der Waals surface area contributed by atoms with Crippen molar-refractivity contribution in [2.24, 2.45) is 11.8 Å². The van der Waals surface area contributed by atoms with Crippen molar-refractivity contribution in [1.29, 1.82) is 0 Å². The first kappa shape index (κ1) is 13.5. The summed E-state index contributed by atoms with van der Waals surface area (Å²) in [5.41, 5.74) is 2.30. The summed E-state index contributed by atoms with van der Waals surface area (Å²) in [6, 6.07) is 3.48. The Kier molecular flexibility index (Phi) is 4.06. The molecule has 0 radical (unpaired) electrons. The van der Waals surface area contributed by atoms with Crippen LogP contribution in [0.25, 0.3) is 0 Å². The van der Waals surface area contributed by atoms with Crippen molar-refractivity contribution in [2.45, 2.75) is 52.6 Å². The van der Waals surface area contributed by atoms with Gasteiger partial charge in [-0.3, -0.25) is 0 Å². The molecule has 100 valence electrons. The lowest BCUT2D eigenvalue weighted by Crippen LogP contribution is -2.21. The van der Waals surface area contributed by atoms with Crippen molar-refractivity contribution in [1.82, 2.24) is 0 Å². The largest absolute Gasteiger partial charge is 0.388 e. The fourth-order valence-electron chi connectivity index (χ4n) is 3.30. The van der Waals surface area contributed by atoms with Crippen molar-refractivity contribution < 1.29 is 9.50 Å². The highest BCUT2D eigenvalue weighted by Crippen LogP contribution is 2.38. The summed E-state index contributed by atoms with van der Waals surface area (Å²) in [7, 11) is 0. The van der Waals surface area contributed by atoms with Crippen molar-refractivity contribution in [3.63, 3.8) is 0 Å². The summed E-state index contributed by atoms with van der Waals surface area (Å²) in [4.78, 5) is 0. The molecule has 0 aliphatic heterocycles. The number of hydrogen-bond donors (Lipinski definition) is 1. The molecule has 3 atom stereocenters. The number of halogens is 1. The van der Waals surface area contributed by atoms with Gasteiger partial charge >= 0.3 is 0 Å². The number of rotatable bonds is 2. The zero-order valence-electron chi connectivity index (χ0n) is 11.5. The second-order valence-electron chi connectivity index (χ2n) is 5.95. The minimum Gasteiger partial charge on any atom is -0.388 e. The predicted octanol–water partition coefficient (Wildman–Crippen LogP) is 4.30. The third-order valence-corrected chi connectivity index (χ3v) is 4.20. The number of benzene rings is 1. The molecular weight excluding hydrogens is 227 g/mol. The highest BCUT2D eigenvalue weighted by atomic mass is 19.1. The quantitative estimate of drug-likeness (QED) is 0.829. The van der Waals surface area contributed by atoms with E-state index in [0.717, 1.165) is 30.4 Å². The molecule has 1 aromatic rings. The van der Waals surface area contributed by atoms with E-state index in [4.69, 9.17) is 0 Å². The van der Waals surface area contributed by atoms with E-state index in [2.05, 4.69) is 6.92 Å². The lowest BCUT2D eigenvalue weighted by Gasteiger charge is -2.31. The normalized spacial score (nSPS) is 26.1. The lowest BCUT2D eigenvalue weighted by molar-refractivity contribution is 0.0680. The summed E-state index contributed by atoms with van der Waals surface area (Å²) < 4.78 is 14.1. The summed E-state index contributed by atoms with van der Waals surface area (Å²) in [6.07, 6.45) is 3.76. The topological polar surface area (TPSA) is 20.2 Å². The molecule has 0 aromatic heterocycles. The Morgan fingerprint density at radius 2 is 2.00 bits per heavy atom. The first-order valence-corrected chi connectivity index (χ1v) is 6.93. The smallest absolute Gasteiger partial charge is 0.129 e. The monoisotopic (exact) mass is 250 g/mol. The Labute approximate surface area is 109 Å². The summed E-state index contributed by atoms with van der Waals surface area (Å²) >= 11 is 0. The molecule has 2 rings (SSSR count). The number of hydrogen-bond acceptors (Lipinski definition) is 1. The van der Waals surface area contributed by atoms with Crippen LogP contribution in [0.3, 0.4) is 0 Å². The van der Waals surface area contributed by atoms with Crippen LogP contribution in [0.1, 0.15) is 55.4 Å². The Morgan fingerprint density at radius 3 is 2.61 bits per heavy atom. The molecule has 1 aliphatic rings. The summed E-state index contributed by atoms with van der Waals surface area (Å²) in [5, 5.41) is 10.5. The van der Waals surface area contributed by atoms with E-state index < -0.39 is 6.10 Å². The Morgan fingerprint density at radius 1 is 1.28 bits per heavy atom. The molecule has 0 saturated heterocycles. The lowest BCUT2D eigenvalue weighted by atomic mass is 9.77. The zero-order valence-corrected chi connectivity index (χ0v) is 11.5. The van der Waals surface area contributed by atoms with Crippen LogP contribution in [0, 0.1) is 31.5 Å². The van der Waals surface area contributed by atoms with Crippen LogP contribution in [-0.2, 0) is 0 Å². The zero-order chi connectivity index (χ0) is 13.3. The maximum Gasteiger partial charge on any atom is 0.129 e. The minimum absolute atomic E-state index is 0.213. The van der Waals surface area contributed by atoms with Gasteiger partial charge in [-0.25, -0.2) is 4.39 Å². The predicted molar refractivity (Wildman–Crippen MR) is 72.0 cm³/mol. The van der Waals surface area contributed by atoms with Gasteiger partial charge in [-0.05, 0) is 55.7 Å². The van der Waals surface area contributed by atoms with E-state index in [-0.39, 0.29) is 11.7 Å². The molecule has 1 saturated carbocycles. The van der Waals surface area contributed by atoms with Gasteiger partial charge in [0, 0.05) is 5.56 Å². The molecule has 1 fully saturated rings. The van der Waals surface area contributed by atoms with Crippen LogP contribution in [0.4, 0.5) is 4.39 Å². The van der Waals surface area contributed by atoms with Gasteiger partial charge in [-0.2, -0.15) is 0 Å². The molecule has 2 heteroatoms. The molecular formula is C16H23FO. The molecule has 1 nitrogen and oxygen atoms in total. The molecule has 0 amide bonds. The standard InChI is InChI=1S/C16H23FO/c1-10-5-4-6-13(8-10)16(18)15-12(3)7-11(2)9-14(15)17/h7,9-10,13,16,18H,4-6,8H2,1-3H3. The van der Waals surface area contributed by atoms with Crippen LogP contribution in [0.15, 0.2) is 12.1 Å². The summed E-state index contributed by atoms with van der Waals surface area (Å²) in [6.45, 7) is 5.99. The van der Waals surface area contributed by atoms with Crippen molar-refractivity contribution in [2.75, 3.05) is 0 Å². The van der Waals surface area contributed by atoms with Crippen LogP contribution < -0.4 is 0 Å². The van der Waals surface area contributed by atoms with E-state index in [0.29, 0.717) is 11.5 Å². The average Bonchev–Trinajstić information content (AvgIpc) is 2.27. The van der Waals surface area contributed by atoms with Gasteiger partial charge in [0.05, 0.1) is 6.10 Å². The maximum absolute atomic E-state index is 14.1. The molecule has 3 unspecified atom stereocenters. The SMILES string of the molecule is Cc1cc(C)c(C(O)C2CCCC(C)C2)c(F)c1. The average molecular weight is 250 g/mol. The first-order chi connectivity index (χ1) is 8.49. The third kappa shape index (κ3) is 2.74. The van der Waals surface area contributed by atoms with Gasteiger partial charge in [0.1, 0.15) is 5.82 Å². The fourth-order valence-corrected chi connectivity index (χ4v) is 3.30. The van der Waals surface area contributed by atoms with E-state index >= 15 is 0 Å². The van der Waals surface area contributed by atoms with Crippen molar-refractivity contribution in [3.05, 3.63) is 34.6 Å². The molecule has 0 spiro atoms. The molecule has 0 heterocycles. The van der Waals surface area contributed by atoms with Gasteiger partial charge < -0.3 is 5.11 Å². The van der Waals surface area contributed by atoms with E-state index in [1.807, 2.05) is 19.9 Å².